The molecule has 2 rings (SSSR count). The van der Waals surface area contributed by atoms with Crippen LogP contribution >= 0.6 is 0 Å². The number of Topliss-reactive ketones (excluding diaryl/α,β-unsaturated/α-hetero) is 1. The summed E-state index contributed by atoms with van der Waals surface area (Å²) in [5.41, 5.74) is 1.32. The zero-order valence-electron chi connectivity index (χ0n) is 6.99. The lowest BCUT2D eigenvalue weighted by Crippen LogP contribution is -1.93. The van der Waals surface area contributed by atoms with Crippen molar-refractivity contribution in [2.75, 3.05) is 0 Å². The number of hydrogen-bond donors (Lipinski definition) is 0. The topological polar surface area (TPSA) is 17.1 Å². The third-order valence-electron chi connectivity index (χ3n) is 2.52. The fourth-order valence-electron chi connectivity index (χ4n) is 1.82. The first-order chi connectivity index (χ1) is 5.86. The minimum absolute atomic E-state index is 0.420. The van der Waals surface area contributed by atoms with Gasteiger partial charge in [-0.25, -0.2) is 0 Å². The van der Waals surface area contributed by atoms with Crippen molar-refractivity contribution in [3.8, 4) is 0 Å². The van der Waals surface area contributed by atoms with E-state index in [0.717, 1.165) is 19.3 Å². The molecule has 1 saturated carbocycles. The summed E-state index contributed by atoms with van der Waals surface area (Å²) in [7, 11) is 0. The molecule has 1 aliphatic rings. The Morgan fingerprint density at radius 1 is 1.17 bits per heavy atom. The zero-order chi connectivity index (χ0) is 8.39. The SMILES string of the molecule is O=C1CC[C@@H](c2ccccc2)C1. The van der Waals surface area contributed by atoms with Crippen molar-refractivity contribution in [1.82, 2.24) is 0 Å². The van der Waals surface area contributed by atoms with E-state index in [4.69, 9.17) is 0 Å². The standard InChI is InChI=1S/C11H12O/c12-11-7-6-10(8-11)9-4-2-1-3-5-9/h1-5,10H,6-8H2/t10-/m1/s1. The van der Waals surface area contributed by atoms with Gasteiger partial charge in [-0.05, 0) is 17.9 Å². The van der Waals surface area contributed by atoms with Gasteiger partial charge in [0.2, 0.25) is 0 Å². The highest BCUT2D eigenvalue weighted by Crippen LogP contribution is 2.31. The minimum Gasteiger partial charge on any atom is -0.300 e. The van der Waals surface area contributed by atoms with Gasteiger partial charge in [0.05, 0.1) is 0 Å². The maximum atomic E-state index is 11.0. The first-order valence-electron chi connectivity index (χ1n) is 4.43. The highest BCUT2D eigenvalue weighted by molar-refractivity contribution is 5.81. The van der Waals surface area contributed by atoms with Gasteiger partial charge in [0.25, 0.3) is 0 Å². The summed E-state index contributed by atoms with van der Waals surface area (Å²) < 4.78 is 0. The summed E-state index contributed by atoms with van der Waals surface area (Å²) in [4.78, 5) is 11.0. The lowest BCUT2D eigenvalue weighted by atomic mass is 9.98. The average Bonchev–Trinajstić information content (AvgIpc) is 2.54. The largest absolute Gasteiger partial charge is 0.300 e. The molecule has 1 aromatic carbocycles. The van der Waals surface area contributed by atoms with Crippen molar-refractivity contribution in [2.24, 2.45) is 0 Å². The van der Waals surface area contributed by atoms with Crippen LogP contribution in [0.1, 0.15) is 30.7 Å². The van der Waals surface area contributed by atoms with E-state index in [0.29, 0.717) is 11.7 Å². The summed E-state index contributed by atoms with van der Waals surface area (Å²) >= 11 is 0. The molecular weight excluding hydrogens is 148 g/mol. The highest BCUT2D eigenvalue weighted by atomic mass is 16.1. The molecule has 0 bridgehead atoms. The summed E-state index contributed by atoms with van der Waals surface area (Å²) in [6.45, 7) is 0. The predicted octanol–water partition coefficient (Wildman–Crippen LogP) is 2.52. The van der Waals surface area contributed by atoms with Crippen molar-refractivity contribution in [3.63, 3.8) is 0 Å². The molecule has 0 aromatic heterocycles. The van der Waals surface area contributed by atoms with Crippen LogP contribution in [0.5, 0.6) is 0 Å². The Hall–Kier alpha value is -1.11. The number of carbonyl (C=O) groups excluding carboxylic acids is 1. The Morgan fingerprint density at radius 3 is 2.50 bits per heavy atom. The molecule has 1 fully saturated rings. The van der Waals surface area contributed by atoms with Crippen LogP contribution in [0.2, 0.25) is 0 Å². The van der Waals surface area contributed by atoms with Crippen LogP contribution in [-0.4, -0.2) is 5.78 Å². The van der Waals surface area contributed by atoms with Crippen LogP contribution < -0.4 is 0 Å². The van der Waals surface area contributed by atoms with E-state index in [-0.39, 0.29) is 0 Å². The molecule has 1 atom stereocenters. The van der Waals surface area contributed by atoms with E-state index in [1.165, 1.54) is 5.56 Å². The van der Waals surface area contributed by atoms with E-state index in [2.05, 4.69) is 12.1 Å². The minimum atomic E-state index is 0.420. The quantitative estimate of drug-likeness (QED) is 0.617. The van der Waals surface area contributed by atoms with Gasteiger partial charge < -0.3 is 0 Å². The van der Waals surface area contributed by atoms with E-state index >= 15 is 0 Å². The van der Waals surface area contributed by atoms with Crippen LogP contribution in [0.25, 0.3) is 0 Å². The number of hydrogen-bond acceptors (Lipinski definition) is 1. The van der Waals surface area contributed by atoms with Crippen molar-refractivity contribution >= 4 is 5.78 Å². The molecule has 1 aliphatic carbocycles. The van der Waals surface area contributed by atoms with Gasteiger partial charge in [-0.3, -0.25) is 4.79 Å². The van der Waals surface area contributed by atoms with Gasteiger partial charge in [-0.2, -0.15) is 0 Å². The second kappa shape index (κ2) is 3.10. The van der Waals surface area contributed by atoms with Crippen molar-refractivity contribution in [3.05, 3.63) is 35.9 Å². The Balaban J connectivity index is 2.16. The maximum absolute atomic E-state index is 11.0. The van der Waals surface area contributed by atoms with E-state index < -0.39 is 0 Å². The number of carbonyl (C=O) groups is 1. The molecule has 1 nitrogen and oxygen atoms in total. The normalized spacial score (nSPS) is 23.0. The fraction of sp³-hybridized carbons (Fsp3) is 0.364. The Morgan fingerprint density at radius 2 is 1.92 bits per heavy atom. The number of ketones is 1. The lowest BCUT2D eigenvalue weighted by molar-refractivity contribution is -0.117. The van der Waals surface area contributed by atoms with Crippen molar-refractivity contribution in [1.29, 1.82) is 0 Å². The second-order valence-electron chi connectivity index (χ2n) is 3.39. The van der Waals surface area contributed by atoms with Gasteiger partial charge >= 0.3 is 0 Å². The van der Waals surface area contributed by atoms with E-state index in [9.17, 15) is 4.79 Å². The molecule has 0 N–H and O–H groups in total. The molecular formula is C11H12O. The molecule has 1 heteroatoms. The van der Waals surface area contributed by atoms with Gasteiger partial charge in [-0.1, -0.05) is 30.3 Å². The molecule has 62 valence electrons. The zero-order valence-corrected chi connectivity index (χ0v) is 6.99. The number of rotatable bonds is 1. The molecule has 0 radical (unpaired) electrons. The van der Waals surface area contributed by atoms with Crippen LogP contribution in [0.4, 0.5) is 0 Å². The summed E-state index contributed by atoms with van der Waals surface area (Å²) in [6.07, 6.45) is 2.58. The molecule has 1 aromatic rings. The van der Waals surface area contributed by atoms with Crippen LogP contribution in [0.3, 0.4) is 0 Å². The van der Waals surface area contributed by atoms with E-state index in [1.807, 2.05) is 18.2 Å². The summed E-state index contributed by atoms with van der Waals surface area (Å²) in [5, 5.41) is 0. The lowest BCUT2D eigenvalue weighted by Gasteiger charge is -2.06. The first-order valence-corrected chi connectivity index (χ1v) is 4.43. The van der Waals surface area contributed by atoms with Gasteiger partial charge in [0, 0.05) is 12.8 Å². The molecule has 0 aliphatic heterocycles. The molecule has 0 spiro atoms. The third-order valence-corrected chi connectivity index (χ3v) is 2.52. The summed E-state index contributed by atoms with van der Waals surface area (Å²) in [6, 6.07) is 10.3. The average molecular weight is 160 g/mol. The Labute approximate surface area is 72.4 Å². The monoisotopic (exact) mass is 160 g/mol. The second-order valence-corrected chi connectivity index (χ2v) is 3.39. The molecule has 0 amide bonds. The third kappa shape index (κ3) is 1.40. The van der Waals surface area contributed by atoms with Crippen LogP contribution in [0, 0.1) is 0 Å². The van der Waals surface area contributed by atoms with Gasteiger partial charge in [-0.15, -0.1) is 0 Å². The van der Waals surface area contributed by atoms with Crippen molar-refractivity contribution in [2.45, 2.75) is 25.2 Å². The molecule has 0 unspecified atom stereocenters. The maximum Gasteiger partial charge on any atom is 0.133 e. The van der Waals surface area contributed by atoms with Gasteiger partial charge in [0.15, 0.2) is 0 Å². The number of benzene rings is 1. The first kappa shape index (κ1) is 7.53. The van der Waals surface area contributed by atoms with Gasteiger partial charge in [0.1, 0.15) is 5.78 Å². The molecule has 0 heterocycles. The molecule has 0 saturated heterocycles. The predicted molar refractivity (Wildman–Crippen MR) is 48.0 cm³/mol. The van der Waals surface area contributed by atoms with Crippen molar-refractivity contribution < 1.29 is 4.79 Å². The summed E-state index contributed by atoms with van der Waals surface area (Å²) in [5.74, 6) is 0.919. The Bertz CT molecular complexity index is 276. The van der Waals surface area contributed by atoms with E-state index in [1.54, 1.807) is 0 Å². The van der Waals surface area contributed by atoms with Crippen LogP contribution in [-0.2, 0) is 4.79 Å². The highest BCUT2D eigenvalue weighted by Gasteiger charge is 2.22. The van der Waals surface area contributed by atoms with Crippen LogP contribution in [0.15, 0.2) is 30.3 Å². The Kier molecular flexibility index (Phi) is 1.94. The fourth-order valence-corrected chi connectivity index (χ4v) is 1.82. The smallest absolute Gasteiger partial charge is 0.133 e. The molecule has 12 heavy (non-hydrogen) atoms.